The molecule has 7 heteroatoms. The van der Waals surface area contributed by atoms with E-state index in [1.54, 1.807) is 0 Å². The summed E-state index contributed by atoms with van der Waals surface area (Å²) in [5.74, 6) is 0.520. The molecule has 0 aromatic carbocycles. The Kier molecular flexibility index (Phi) is 4.80. The second kappa shape index (κ2) is 6.39. The summed E-state index contributed by atoms with van der Waals surface area (Å²) in [7, 11) is 0. The smallest absolute Gasteiger partial charge is 0.355 e. The molecular weight excluding hydrogens is 269 g/mol. The minimum atomic E-state index is -4.43. The van der Waals surface area contributed by atoms with Crippen LogP contribution >= 0.6 is 0 Å². The van der Waals surface area contributed by atoms with Crippen molar-refractivity contribution in [2.24, 2.45) is 0 Å². The van der Waals surface area contributed by atoms with E-state index in [-0.39, 0.29) is 0 Å². The van der Waals surface area contributed by atoms with Gasteiger partial charge in [-0.15, -0.1) is 10.2 Å². The SMILES string of the molecule is CCCNC1CCN(c2ccc(C(F)(F)F)nn2)CC1. The fraction of sp³-hybridized carbons (Fsp3) is 0.692. The molecule has 1 aromatic rings. The van der Waals surface area contributed by atoms with Gasteiger partial charge in [0.2, 0.25) is 0 Å². The van der Waals surface area contributed by atoms with Crippen molar-refractivity contribution in [1.82, 2.24) is 15.5 Å². The van der Waals surface area contributed by atoms with Crippen LogP contribution in [0.2, 0.25) is 0 Å². The number of alkyl halides is 3. The number of hydrogen-bond donors (Lipinski definition) is 1. The van der Waals surface area contributed by atoms with E-state index >= 15 is 0 Å². The van der Waals surface area contributed by atoms with E-state index in [4.69, 9.17) is 0 Å². The summed E-state index contributed by atoms with van der Waals surface area (Å²) in [5.41, 5.74) is -0.944. The fourth-order valence-corrected chi connectivity index (χ4v) is 2.31. The summed E-state index contributed by atoms with van der Waals surface area (Å²) in [6.45, 7) is 4.72. The number of nitrogens with one attached hydrogen (secondary N) is 1. The lowest BCUT2D eigenvalue weighted by Crippen LogP contribution is -2.43. The lowest BCUT2D eigenvalue weighted by atomic mass is 10.0. The third kappa shape index (κ3) is 3.82. The normalized spacial score (nSPS) is 17.5. The molecule has 1 aliphatic heterocycles. The Morgan fingerprint density at radius 2 is 1.95 bits per heavy atom. The second-order valence-corrected chi connectivity index (χ2v) is 4.99. The number of hydrogen-bond acceptors (Lipinski definition) is 4. The van der Waals surface area contributed by atoms with Gasteiger partial charge in [-0.05, 0) is 37.9 Å². The first kappa shape index (κ1) is 15.0. The molecular formula is C13H19F3N4. The fourth-order valence-electron chi connectivity index (χ4n) is 2.31. The molecule has 20 heavy (non-hydrogen) atoms. The summed E-state index contributed by atoms with van der Waals surface area (Å²) in [5, 5.41) is 10.4. The summed E-state index contributed by atoms with van der Waals surface area (Å²) >= 11 is 0. The van der Waals surface area contributed by atoms with Crippen LogP contribution in [0.25, 0.3) is 0 Å². The van der Waals surface area contributed by atoms with E-state index in [0.717, 1.165) is 45.0 Å². The van der Waals surface area contributed by atoms with Crippen LogP contribution in [0.15, 0.2) is 12.1 Å². The maximum atomic E-state index is 12.4. The molecule has 1 aliphatic rings. The van der Waals surface area contributed by atoms with Crippen molar-refractivity contribution >= 4 is 5.82 Å². The monoisotopic (exact) mass is 288 g/mol. The predicted octanol–water partition coefficient (Wildman–Crippen LogP) is 2.46. The van der Waals surface area contributed by atoms with Gasteiger partial charge in [0.15, 0.2) is 11.5 Å². The topological polar surface area (TPSA) is 41.0 Å². The van der Waals surface area contributed by atoms with Gasteiger partial charge >= 0.3 is 6.18 Å². The molecule has 0 spiro atoms. The van der Waals surface area contributed by atoms with Crippen LogP contribution in [0.3, 0.4) is 0 Å². The van der Waals surface area contributed by atoms with Crippen LogP contribution in [0.4, 0.5) is 19.0 Å². The molecule has 1 saturated heterocycles. The molecule has 1 fully saturated rings. The molecule has 0 unspecified atom stereocenters. The van der Waals surface area contributed by atoms with Crippen LogP contribution in [-0.4, -0.2) is 35.9 Å². The van der Waals surface area contributed by atoms with Crippen molar-refractivity contribution < 1.29 is 13.2 Å². The Morgan fingerprint density at radius 1 is 1.25 bits per heavy atom. The molecule has 0 aliphatic carbocycles. The lowest BCUT2D eigenvalue weighted by molar-refractivity contribution is -0.141. The van der Waals surface area contributed by atoms with Crippen LogP contribution in [0.5, 0.6) is 0 Å². The van der Waals surface area contributed by atoms with Crippen molar-refractivity contribution in [2.75, 3.05) is 24.5 Å². The minimum absolute atomic E-state index is 0.494. The lowest BCUT2D eigenvalue weighted by Gasteiger charge is -2.33. The van der Waals surface area contributed by atoms with Crippen molar-refractivity contribution in [2.45, 2.75) is 38.4 Å². The number of halogens is 3. The zero-order valence-electron chi connectivity index (χ0n) is 11.5. The van der Waals surface area contributed by atoms with Crippen molar-refractivity contribution in [3.8, 4) is 0 Å². The zero-order valence-corrected chi connectivity index (χ0v) is 11.5. The molecule has 0 saturated carbocycles. The molecule has 1 N–H and O–H groups in total. The highest BCUT2D eigenvalue weighted by Crippen LogP contribution is 2.28. The van der Waals surface area contributed by atoms with E-state index in [0.29, 0.717) is 11.9 Å². The van der Waals surface area contributed by atoms with Gasteiger partial charge in [0.05, 0.1) is 0 Å². The van der Waals surface area contributed by atoms with Crippen LogP contribution in [0, 0.1) is 0 Å². The first-order valence-corrected chi connectivity index (χ1v) is 6.90. The summed E-state index contributed by atoms with van der Waals surface area (Å²) in [6.07, 6.45) is -1.38. The quantitative estimate of drug-likeness (QED) is 0.924. The number of rotatable bonds is 4. The van der Waals surface area contributed by atoms with Gasteiger partial charge in [-0.25, -0.2) is 0 Å². The first-order chi connectivity index (χ1) is 9.50. The standard InChI is InChI=1S/C13H19F3N4/c1-2-7-17-10-5-8-20(9-6-10)12-4-3-11(18-19-12)13(14,15)16/h3-4,10,17H,2,5-9H2,1H3. The van der Waals surface area contributed by atoms with Crippen LogP contribution in [-0.2, 0) is 6.18 Å². The third-order valence-corrected chi connectivity index (χ3v) is 3.44. The number of piperidine rings is 1. The van der Waals surface area contributed by atoms with Crippen molar-refractivity contribution in [3.63, 3.8) is 0 Å². The molecule has 0 amide bonds. The maximum Gasteiger partial charge on any atom is 0.435 e. The number of aromatic nitrogens is 2. The van der Waals surface area contributed by atoms with Gasteiger partial charge in [0.1, 0.15) is 0 Å². The third-order valence-electron chi connectivity index (χ3n) is 3.44. The Hall–Kier alpha value is -1.37. The Labute approximate surface area is 116 Å². The molecule has 0 bridgehead atoms. The highest BCUT2D eigenvalue weighted by atomic mass is 19.4. The Bertz CT molecular complexity index is 411. The van der Waals surface area contributed by atoms with Gasteiger partial charge in [-0.1, -0.05) is 6.92 Å². The van der Waals surface area contributed by atoms with Gasteiger partial charge in [-0.2, -0.15) is 13.2 Å². The Morgan fingerprint density at radius 3 is 2.45 bits per heavy atom. The van der Waals surface area contributed by atoms with Crippen LogP contribution < -0.4 is 10.2 Å². The van der Waals surface area contributed by atoms with Gasteiger partial charge in [-0.3, -0.25) is 0 Å². The number of nitrogens with zero attached hydrogens (tertiary/aromatic N) is 3. The van der Waals surface area contributed by atoms with E-state index in [2.05, 4.69) is 22.4 Å². The Balaban J connectivity index is 1.90. The molecule has 4 nitrogen and oxygen atoms in total. The van der Waals surface area contributed by atoms with E-state index in [1.807, 2.05) is 4.90 Å². The molecule has 2 rings (SSSR count). The molecule has 112 valence electrons. The minimum Gasteiger partial charge on any atom is -0.355 e. The van der Waals surface area contributed by atoms with E-state index in [1.165, 1.54) is 6.07 Å². The summed E-state index contributed by atoms with van der Waals surface area (Å²) in [6, 6.07) is 2.88. The molecule has 0 atom stereocenters. The average Bonchev–Trinajstić information content (AvgIpc) is 2.45. The summed E-state index contributed by atoms with van der Waals surface area (Å²) in [4.78, 5) is 1.98. The maximum absolute atomic E-state index is 12.4. The van der Waals surface area contributed by atoms with Crippen molar-refractivity contribution in [1.29, 1.82) is 0 Å². The largest absolute Gasteiger partial charge is 0.435 e. The highest BCUT2D eigenvalue weighted by molar-refractivity contribution is 5.38. The first-order valence-electron chi connectivity index (χ1n) is 6.90. The van der Waals surface area contributed by atoms with Gasteiger partial charge in [0, 0.05) is 19.1 Å². The molecule has 1 aromatic heterocycles. The average molecular weight is 288 g/mol. The molecule has 2 heterocycles. The summed E-state index contributed by atoms with van der Waals surface area (Å²) < 4.78 is 37.2. The van der Waals surface area contributed by atoms with Gasteiger partial charge in [0.25, 0.3) is 0 Å². The van der Waals surface area contributed by atoms with E-state index in [9.17, 15) is 13.2 Å². The van der Waals surface area contributed by atoms with Gasteiger partial charge < -0.3 is 10.2 Å². The highest BCUT2D eigenvalue weighted by Gasteiger charge is 2.33. The van der Waals surface area contributed by atoms with Crippen LogP contribution in [0.1, 0.15) is 31.9 Å². The second-order valence-electron chi connectivity index (χ2n) is 4.99. The van der Waals surface area contributed by atoms with Crippen molar-refractivity contribution in [3.05, 3.63) is 17.8 Å². The van der Waals surface area contributed by atoms with E-state index < -0.39 is 11.9 Å². The molecule has 0 radical (unpaired) electrons. The predicted molar refractivity (Wildman–Crippen MR) is 70.6 cm³/mol. The number of anilines is 1. The zero-order chi connectivity index (χ0) is 14.6.